The summed E-state index contributed by atoms with van der Waals surface area (Å²) in [5.74, 6) is 0. The number of nitrogens with zero attached hydrogens (tertiary/aromatic N) is 1. The quantitative estimate of drug-likeness (QED) is 0.361. The van der Waals surface area contributed by atoms with Gasteiger partial charge in [-0.3, -0.25) is 9.59 Å². The lowest BCUT2D eigenvalue weighted by molar-refractivity contribution is -0.141. The van der Waals surface area contributed by atoms with Crippen LogP contribution in [0.5, 0.6) is 0 Å². The van der Waals surface area contributed by atoms with Crippen LogP contribution in [0.15, 0.2) is 0 Å². The average molecular weight is 177 g/mol. The zero-order valence-electron chi connectivity index (χ0n) is 6.51. The van der Waals surface area contributed by atoms with Crippen LogP contribution in [-0.2, 0) is 19.1 Å². The Kier molecular flexibility index (Phi) is 7.21. The fourth-order valence-corrected chi connectivity index (χ4v) is 0.579. The maximum atomic E-state index is 9.77. The molecule has 0 aromatic rings. The SMILES string of the molecule is O=COCN(CCO)COC=O. The van der Waals surface area contributed by atoms with Crippen LogP contribution in [0.2, 0.25) is 0 Å². The zero-order valence-corrected chi connectivity index (χ0v) is 6.51. The van der Waals surface area contributed by atoms with Crippen molar-refractivity contribution < 1.29 is 24.2 Å². The third kappa shape index (κ3) is 5.63. The number of carbonyl (C=O) groups is 2. The number of carbonyl (C=O) groups excluding carboxylic acids is 2. The first-order valence-electron chi connectivity index (χ1n) is 3.29. The Labute approximate surface area is 69.7 Å². The van der Waals surface area contributed by atoms with Crippen LogP contribution in [0.3, 0.4) is 0 Å². The van der Waals surface area contributed by atoms with Crippen LogP contribution < -0.4 is 0 Å². The Morgan fingerprint density at radius 1 is 1.17 bits per heavy atom. The van der Waals surface area contributed by atoms with E-state index in [1.807, 2.05) is 0 Å². The number of ether oxygens (including phenoxy) is 2. The summed E-state index contributed by atoms with van der Waals surface area (Å²) >= 11 is 0. The van der Waals surface area contributed by atoms with Gasteiger partial charge in [0.25, 0.3) is 12.9 Å². The lowest BCUT2D eigenvalue weighted by Gasteiger charge is -2.17. The molecule has 1 N–H and O–H groups in total. The molecule has 0 heterocycles. The van der Waals surface area contributed by atoms with Crippen LogP contribution in [0, 0.1) is 0 Å². The molecule has 6 nitrogen and oxygen atoms in total. The first kappa shape index (κ1) is 10.9. The third-order valence-electron chi connectivity index (χ3n) is 1.07. The van der Waals surface area contributed by atoms with Gasteiger partial charge >= 0.3 is 0 Å². The fraction of sp³-hybridized carbons (Fsp3) is 0.667. The van der Waals surface area contributed by atoms with Crippen LogP contribution in [0.4, 0.5) is 0 Å². The largest absolute Gasteiger partial charge is 0.452 e. The van der Waals surface area contributed by atoms with Gasteiger partial charge in [0.05, 0.1) is 6.61 Å². The highest BCUT2D eigenvalue weighted by molar-refractivity contribution is 5.37. The van der Waals surface area contributed by atoms with Gasteiger partial charge < -0.3 is 14.6 Å². The van der Waals surface area contributed by atoms with E-state index in [9.17, 15) is 9.59 Å². The predicted octanol–water partition coefficient (Wildman–Crippen LogP) is -1.46. The number of hydrogen-bond donors (Lipinski definition) is 1. The molecule has 70 valence electrons. The van der Waals surface area contributed by atoms with Crippen LogP contribution in [0.25, 0.3) is 0 Å². The van der Waals surface area contributed by atoms with Gasteiger partial charge in [0.2, 0.25) is 0 Å². The van der Waals surface area contributed by atoms with E-state index < -0.39 is 0 Å². The standard InChI is InChI=1S/C6H11NO5/c8-2-1-7(3-11-5-9)4-12-6-10/h5-6,8H,1-4H2. The molecule has 0 saturated heterocycles. The molecule has 0 spiro atoms. The zero-order chi connectivity index (χ0) is 9.23. The van der Waals surface area contributed by atoms with Crippen molar-refractivity contribution >= 4 is 12.9 Å². The molecule has 0 radical (unpaired) electrons. The second kappa shape index (κ2) is 7.96. The maximum absolute atomic E-state index is 9.77. The highest BCUT2D eigenvalue weighted by Gasteiger charge is 2.03. The van der Waals surface area contributed by atoms with E-state index >= 15 is 0 Å². The number of aliphatic hydroxyl groups is 1. The first-order chi connectivity index (χ1) is 5.85. The second-order valence-electron chi connectivity index (χ2n) is 1.90. The summed E-state index contributed by atoms with van der Waals surface area (Å²) < 4.78 is 8.77. The average Bonchev–Trinajstić information content (AvgIpc) is 2.10. The number of hydrogen-bond acceptors (Lipinski definition) is 6. The Morgan fingerprint density at radius 3 is 2.00 bits per heavy atom. The third-order valence-corrected chi connectivity index (χ3v) is 1.07. The van der Waals surface area contributed by atoms with E-state index in [1.54, 1.807) is 0 Å². The lowest BCUT2D eigenvalue weighted by atomic mass is 10.6. The van der Waals surface area contributed by atoms with E-state index in [-0.39, 0.29) is 39.6 Å². The Morgan fingerprint density at radius 2 is 1.67 bits per heavy atom. The fourth-order valence-electron chi connectivity index (χ4n) is 0.579. The second-order valence-corrected chi connectivity index (χ2v) is 1.90. The summed E-state index contributed by atoms with van der Waals surface area (Å²) in [5.41, 5.74) is 0. The summed E-state index contributed by atoms with van der Waals surface area (Å²) in [7, 11) is 0. The van der Waals surface area contributed by atoms with Gasteiger partial charge in [-0.2, -0.15) is 0 Å². The monoisotopic (exact) mass is 177 g/mol. The molecular weight excluding hydrogens is 166 g/mol. The summed E-state index contributed by atoms with van der Waals surface area (Å²) in [4.78, 5) is 21.0. The van der Waals surface area contributed by atoms with E-state index in [0.717, 1.165) is 0 Å². The van der Waals surface area contributed by atoms with Crippen LogP contribution >= 0.6 is 0 Å². The van der Waals surface area contributed by atoms with Gasteiger partial charge in [0.15, 0.2) is 0 Å². The minimum atomic E-state index is -0.0928. The minimum Gasteiger partial charge on any atom is -0.452 e. The normalized spacial score (nSPS) is 9.50. The predicted molar refractivity (Wildman–Crippen MR) is 37.8 cm³/mol. The smallest absolute Gasteiger partial charge is 0.294 e. The lowest BCUT2D eigenvalue weighted by Crippen LogP contribution is -2.31. The van der Waals surface area contributed by atoms with Gasteiger partial charge in [-0.05, 0) is 0 Å². The summed E-state index contributed by atoms with van der Waals surface area (Å²) in [6.45, 7) is 0.748. The molecule has 0 unspecified atom stereocenters. The van der Waals surface area contributed by atoms with Crippen molar-refractivity contribution in [3.8, 4) is 0 Å². The van der Waals surface area contributed by atoms with Crippen molar-refractivity contribution in [1.82, 2.24) is 4.90 Å². The van der Waals surface area contributed by atoms with Crippen molar-refractivity contribution in [2.75, 3.05) is 26.6 Å². The highest BCUT2D eigenvalue weighted by atomic mass is 16.6. The molecule has 0 aliphatic carbocycles. The highest BCUT2D eigenvalue weighted by Crippen LogP contribution is 1.87. The molecule has 0 aromatic carbocycles. The van der Waals surface area contributed by atoms with Crippen molar-refractivity contribution in [2.45, 2.75) is 0 Å². The molecule has 0 saturated carbocycles. The van der Waals surface area contributed by atoms with Crippen LogP contribution in [0.1, 0.15) is 0 Å². The Balaban J connectivity index is 3.52. The van der Waals surface area contributed by atoms with E-state index in [1.165, 1.54) is 4.90 Å². The minimum absolute atomic E-state index is 0.00208. The molecular formula is C6H11NO5. The van der Waals surface area contributed by atoms with Crippen molar-refractivity contribution in [3.63, 3.8) is 0 Å². The Hall–Kier alpha value is -1.14. The number of rotatable bonds is 8. The molecule has 0 rings (SSSR count). The van der Waals surface area contributed by atoms with Crippen LogP contribution in [-0.4, -0.2) is 49.6 Å². The topological polar surface area (TPSA) is 76.1 Å². The van der Waals surface area contributed by atoms with Gasteiger partial charge in [0, 0.05) is 6.54 Å². The molecule has 0 atom stereocenters. The van der Waals surface area contributed by atoms with Crippen molar-refractivity contribution in [3.05, 3.63) is 0 Å². The van der Waals surface area contributed by atoms with E-state index in [0.29, 0.717) is 0 Å². The molecule has 0 aliphatic rings. The molecule has 0 aliphatic heterocycles. The molecule has 0 amide bonds. The Bertz CT molecular complexity index is 117. The van der Waals surface area contributed by atoms with Gasteiger partial charge in [-0.1, -0.05) is 0 Å². The van der Waals surface area contributed by atoms with Gasteiger partial charge in [-0.15, -0.1) is 0 Å². The molecule has 0 bridgehead atoms. The summed E-state index contributed by atoms with van der Waals surface area (Å²) in [6.07, 6.45) is 0. The van der Waals surface area contributed by atoms with Crippen molar-refractivity contribution in [1.29, 1.82) is 0 Å². The number of aliphatic hydroxyl groups excluding tert-OH is 1. The molecule has 0 fully saturated rings. The molecule has 0 aromatic heterocycles. The summed E-state index contributed by atoms with van der Waals surface area (Å²) in [5, 5.41) is 8.51. The first-order valence-corrected chi connectivity index (χ1v) is 3.29. The van der Waals surface area contributed by atoms with Gasteiger partial charge in [-0.25, -0.2) is 4.90 Å². The van der Waals surface area contributed by atoms with Crippen molar-refractivity contribution in [2.24, 2.45) is 0 Å². The summed E-state index contributed by atoms with van der Waals surface area (Å²) in [6, 6.07) is 0. The van der Waals surface area contributed by atoms with Gasteiger partial charge in [0.1, 0.15) is 13.5 Å². The van der Waals surface area contributed by atoms with E-state index in [2.05, 4.69) is 9.47 Å². The van der Waals surface area contributed by atoms with E-state index in [4.69, 9.17) is 5.11 Å². The molecule has 6 heteroatoms. The molecule has 12 heavy (non-hydrogen) atoms. The maximum Gasteiger partial charge on any atom is 0.294 e.